The molecule has 0 saturated carbocycles. The van der Waals surface area contributed by atoms with E-state index in [1.165, 1.54) is 128 Å². The molecule has 5 rings (SSSR count). The minimum atomic E-state index is -0.0214. The lowest BCUT2D eigenvalue weighted by molar-refractivity contribution is 0.303. The number of hydrogen-bond acceptors (Lipinski definition) is 2. The summed E-state index contributed by atoms with van der Waals surface area (Å²) in [5.41, 5.74) is 10.8. The first kappa shape index (κ1) is 43.8. The number of hydrogen-bond donors (Lipinski definition) is 0. The first-order chi connectivity index (χ1) is 28.0. The van der Waals surface area contributed by atoms with Crippen LogP contribution in [0.1, 0.15) is 152 Å². The molecule has 1 aliphatic rings. The van der Waals surface area contributed by atoms with Crippen molar-refractivity contribution in [2.24, 2.45) is 0 Å². The monoisotopic (exact) mass is 765 g/mol. The first-order valence-electron chi connectivity index (χ1n) is 22.6. The lowest BCUT2D eigenvalue weighted by atomic mass is 9.69. The fourth-order valence-electron chi connectivity index (χ4n) is 9.09. The van der Waals surface area contributed by atoms with Gasteiger partial charge in [-0.2, -0.15) is 0 Å². The van der Waals surface area contributed by atoms with E-state index in [4.69, 9.17) is 9.47 Å². The van der Waals surface area contributed by atoms with Gasteiger partial charge < -0.3 is 9.47 Å². The normalized spacial score (nSPS) is 13.1. The third-order valence-electron chi connectivity index (χ3n) is 12.2. The molecule has 0 heterocycles. The maximum absolute atomic E-state index is 6.67. The van der Waals surface area contributed by atoms with Gasteiger partial charge in [-0.15, -0.1) is 0 Å². The van der Waals surface area contributed by atoms with Crippen LogP contribution in [0.3, 0.4) is 0 Å². The van der Waals surface area contributed by atoms with E-state index in [0.29, 0.717) is 13.2 Å². The molecule has 0 unspecified atom stereocenters. The van der Waals surface area contributed by atoms with Gasteiger partial charge in [0.25, 0.3) is 0 Å². The molecule has 0 fully saturated rings. The fraction of sp³-hybridized carbons (Fsp3) is 0.455. The highest BCUT2D eigenvalue weighted by molar-refractivity contribution is 6.04. The van der Waals surface area contributed by atoms with Crippen molar-refractivity contribution in [3.05, 3.63) is 133 Å². The molecule has 1 aliphatic carbocycles. The van der Waals surface area contributed by atoms with E-state index in [2.05, 4.69) is 114 Å². The van der Waals surface area contributed by atoms with E-state index < -0.39 is 0 Å². The van der Waals surface area contributed by atoms with E-state index in [9.17, 15) is 0 Å². The molecule has 0 aromatic heterocycles. The van der Waals surface area contributed by atoms with Crippen molar-refractivity contribution in [2.75, 3.05) is 13.2 Å². The predicted molar refractivity (Wildman–Crippen MR) is 249 cm³/mol. The van der Waals surface area contributed by atoms with Crippen molar-refractivity contribution in [2.45, 2.75) is 149 Å². The summed E-state index contributed by atoms with van der Waals surface area (Å²) in [6.45, 7) is 18.1. The first-order valence-corrected chi connectivity index (χ1v) is 22.6. The third kappa shape index (κ3) is 11.4. The zero-order valence-electron chi connectivity index (χ0n) is 36.1. The van der Waals surface area contributed by atoms with E-state index in [1.807, 2.05) is 24.3 Å². The van der Waals surface area contributed by atoms with Crippen LogP contribution in [0.2, 0.25) is 0 Å². The average Bonchev–Trinajstić information content (AvgIpc) is 3.49. The second kappa shape index (κ2) is 23.2. The van der Waals surface area contributed by atoms with Crippen LogP contribution >= 0.6 is 0 Å². The van der Waals surface area contributed by atoms with Crippen molar-refractivity contribution < 1.29 is 9.47 Å². The Morgan fingerprint density at radius 3 is 1.74 bits per heavy atom. The van der Waals surface area contributed by atoms with E-state index in [-0.39, 0.29) is 5.41 Å². The quantitative estimate of drug-likeness (QED) is 0.0445. The van der Waals surface area contributed by atoms with Crippen molar-refractivity contribution in [3.8, 4) is 33.8 Å². The van der Waals surface area contributed by atoms with Crippen molar-refractivity contribution in [1.29, 1.82) is 0 Å². The van der Waals surface area contributed by atoms with Crippen LogP contribution in [0, 0.1) is 13.8 Å². The zero-order valence-corrected chi connectivity index (χ0v) is 36.1. The highest BCUT2D eigenvalue weighted by Crippen LogP contribution is 2.57. The van der Waals surface area contributed by atoms with Gasteiger partial charge in [0, 0.05) is 11.0 Å². The number of ether oxygens (including phenoxy) is 2. The predicted octanol–water partition coefficient (Wildman–Crippen LogP) is 16.7. The Kier molecular flexibility index (Phi) is 17.8. The Morgan fingerprint density at radius 2 is 1.12 bits per heavy atom. The van der Waals surface area contributed by atoms with Gasteiger partial charge in [-0.1, -0.05) is 183 Å². The largest absolute Gasteiger partial charge is 0.493 e. The summed E-state index contributed by atoms with van der Waals surface area (Å²) in [4.78, 5) is 0. The number of benzene rings is 4. The summed E-state index contributed by atoms with van der Waals surface area (Å²) >= 11 is 0. The van der Waals surface area contributed by atoms with Gasteiger partial charge in [-0.05, 0) is 120 Å². The number of fused-ring (bicyclic) bond motifs is 5. The van der Waals surface area contributed by atoms with Crippen LogP contribution in [-0.2, 0) is 5.41 Å². The minimum absolute atomic E-state index is 0.0214. The molecule has 0 radical (unpaired) electrons. The smallest absolute Gasteiger partial charge is 0.127 e. The van der Waals surface area contributed by atoms with Crippen LogP contribution in [0.25, 0.3) is 33.0 Å². The standard InChI is InChI=1S/C55H72O2/c1-7-11-15-19-21-27-35-55(36-28-22-20-16-12-8-2)50-41-45(33-34-48(50)54-47-32-26-25-31-46(47)43(5)39-51(54)55)49-42-52(56-37-29-23-17-13-9-3)44(6)40-53(49)57-38-30-24-18-14-10-4/h9-10,13-14,17-18,25-26,31-34,39-42H,3-4,7-8,11-12,15-16,19-24,27-30,35-38H2,1-2,5-6H3/b17-13+,18-14+. The van der Waals surface area contributed by atoms with Gasteiger partial charge in [-0.3, -0.25) is 0 Å². The number of allylic oxidation sites excluding steroid dienone is 6. The lowest BCUT2D eigenvalue weighted by Gasteiger charge is -2.33. The maximum atomic E-state index is 6.67. The van der Waals surface area contributed by atoms with Crippen LogP contribution in [-0.4, -0.2) is 13.2 Å². The summed E-state index contributed by atoms with van der Waals surface area (Å²) in [7, 11) is 0. The summed E-state index contributed by atoms with van der Waals surface area (Å²) < 4.78 is 13.2. The highest BCUT2D eigenvalue weighted by Gasteiger charge is 2.43. The van der Waals surface area contributed by atoms with Gasteiger partial charge in [0.2, 0.25) is 0 Å². The van der Waals surface area contributed by atoms with Crippen molar-refractivity contribution in [1.82, 2.24) is 0 Å². The summed E-state index contributed by atoms with van der Waals surface area (Å²) in [6, 6.07) is 23.6. The molecule has 304 valence electrons. The molecule has 0 amide bonds. The number of rotatable bonds is 27. The topological polar surface area (TPSA) is 18.5 Å². The molecule has 0 bridgehead atoms. The minimum Gasteiger partial charge on any atom is -0.493 e. The SMILES string of the molecule is C=C/C=C/CCCOc1cc(-c2ccc3c(c2)C(CCCCCCCC)(CCCCCCCC)c2cc(C)c4ccccc4c2-3)c(OCCC/C=C/C=C)cc1C. The molecule has 57 heavy (non-hydrogen) atoms. The van der Waals surface area contributed by atoms with Crippen molar-refractivity contribution in [3.63, 3.8) is 0 Å². The molecule has 0 spiro atoms. The molecule has 0 aliphatic heterocycles. The van der Waals surface area contributed by atoms with E-state index >= 15 is 0 Å². The Morgan fingerprint density at radius 1 is 0.544 bits per heavy atom. The number of aryl methyl sites for hydroxylation is 2. The average molecular weight is 765 g/mol. The van der Waals surface area contributed by atoms with Gasteiger partial charge in [0.1, 0.15) is 11.5 Å². The van der Waals surface area contributed by atoms with E-state index in [1.54, 1.807) is 5.56 Å². The summed E-state index contributed by atoms with van der Waals surface area (Å²) in [5, 5.41) is 2.78. The fourth-order valence-corrected chi connectivity index (χ4v) is 9.09. The second-order valence-electron chi connectivity index (χ2n) is 16.5. The molecule has 4 aromatic rings. The summed E-state index contributed by atoms with van der Waals surface area (Å²) in [6.07, 6.45) is 34.0. The van der Waals surface area contributed by atoms with E-state index in [0.717, 1.165) is 48.3 Å². The highest BCUT2D eigenvalue weighted by atomic mass is 16.5. The zero-order chi connectivity index (χ0) is 40.3. The van der Waals surface area contributed by atoms with Gasteiger partial charge in [-0.25, -0.2) is 0 Å². The molecular formula is C55H72O2. The number of unbranched alkanes of at least 4 members (excludes halogenated alkanes) is 12. The van der Waals surface area contributed by atoms with Gasteiger partial charge in [0.15, 0.2) is 0 Å². The van der Waals surface area contributed by atoms with Gasteiger partial charge >= 0.3 is 0 Å². The van der Waals surface area contributed by atoms with Gasteiger partial charge in [0.05, 0.1) is 13.2 Å². The van der Waals surface area contributed by atoms with Crippen LogP contribution in [0.5, 0.6) is 11.5 Å². The third-order valence-corrected chi connectivity index (χ3v) is 12.2. The van der Waals surface area contributed by atoms with Crippen LogP contribution in [0.4, 0.5) is 0 Å². The van der Waals surface area contributed by atoms with Crippen molar-refractivity contribution >= 4 is 10.8 Å². The Bertz CT molecular complexity index is 1920. The maximum Gasteiger partial charge on any atom is 0.127 e. The van der Waals surface area contributed by atoms with Crippen LogP contribution in [0.15, 0.2) is 110 Å². The second-order valence-corrected chi connectivity index (χ2v) is 16.5. The Labute approximate surface area is 347 Å². The molecule has 2 nitrogen and oxygen atoms in total. The molecule has 0 N–H and O–H groups in total. The van der Waals surface area contributed by atoms with Crippen LogP contribution < -0.4 is 9.47 Å². The lowest BCUT2D eigenvalue weighted by Crippen LogP contribution is -2.26. The Balaban J connectivity index is 1.61. The molecule has 0 saturated heterocycles. The molecular weight excluding hydrogens is 693 g/mol. The molecule has 2 heteroatoms. The molecule has 0 atom stereocenters. The Hall–Kier alpha value is -4.30. The molecule has 4 aromatic carbocycles. The summed E-state index contributed by atoms with van der Waals surface area (Å²) in [5.74, 6) is 1.88.